The van der Waals surface area contributed by atoms with Gasteiger partial charge in [0.1, 0.15) is 0 Å². The normalized spacial score (nSPS) is 14.3. The lowest BCUT2D eigenvalue weighted by Gasteiger charge is -2.47. The number of rotatable bonds is 8. The molecule has 11 aromatic carbocycles. The van der Waals surface area contributed by atoms with Crippen molar-refractivity contribution in [2.24, 2.45) is 0 Å². The van der Waals surface area contributed by atoms with E-state index in [1.165, 1.54) is 33.4 Å². The quantitative estimate of drug-likeness (QED) is 0.140. The first-order chi connectivity index (χ1) is 47.6. The minimum Gasteiger partial charge on any atom is -0.310 e. The fourth-order valence-corrected chi connectivity index (χ4v) is 14.5. The zero-order valence-corrected chi connectivity index (χ0v) is 61.5. The molecule has 0 amide bonds. The van der Waals surface area contributed by atoms with E-state index in [1.807, 2.05) is 6.07 Å². The number of hydrogen-bond donors (Lipinski definition) is 0. The van der Waals surface area contributed by atoms with E-state index in [1.54, 1.807) is 0 Å². The number of para-hydroxylation sites is 1. The molecule has 0 fully saturated rings. The maximum Gasteiger partial charge on any atom is 0.252 e. The van der Waals surface area contributed by atoms with Crippen LogP contribution in [0.25, 0.3) is 66.8 Å². The van der Waals surface area contributed by atoms with Gasteiger partial charge in [-0.1, -0.05) is 339 Å². The summed E-state index contributed by atoms with van der Waals surface area (Å²) in [5.74, 6) is 0. The molecule has 0 radical (unpaired) electrons. The molecule has 97 heavy (non-hydrogen) atoms. The van der Waals surface area contributed by atoms with E-state index in [4.69, 9.17) is 1.37 Å². The fourth-order valence-electron chi connectivity index (χ4n) is 14.5. The van der Waals surface area contributed by atoms with Crippen molar-refractivity contribution >= 4 is 57.2 Å². The Morgan fingerprint density at radius 2 is 0.660 bits per heavy atom. The van der Waals surface area contributed by atoms with E-state index < -0.39 is 11.5 Å². The summed E-state index contributed by atoms with van der Waals surface area (Å²) in [4.78, 5) is 5.19. The molecular weight excluding hydrogens is 1170 g/mol. The second-order valence-electron chi connectivity index (χ2n) is 34.8. The van der Waals surface area contributed by atoms with Crippen LogP contribution in [-0.2, 0) is 37.9 Å². The van der Waals surface area contributed by atoms with Gasteiger partial charge >= 0.3 is 0 Å². The van der Waals surface area contributed by atoms with Gasteiger partial charge in [-0.3, -0.25) is 0 Å². The zero-order valence-electron chi connectivity index (χ0n) is 66.5. The van der Waals surface area contributed by atoms with Crippen LogP contribution < -0.4 is 26.2 Å². The minimum absolute atomic E-state index is 0.114. The van der Waals surface area contributed by atoms with Gasteiger partial charge in [-0.2, -0.15) is 0 Å². The van der Waals surface area contributed by atoms with Crippen molar-refractivity contribution in [2.75, 3.05) is 9.80 Å². The van der Waals surface area contributed by atoms with Crippen LogP contribution in [0.5, 0.6) is 0 Å². The number of hydrogen-bond acceptors (Lipinski definition) is 2. The molecule has 2 aliphatic rings. The van der Waals surface area contributed by atoms with Crippen molar-refractivity contribution in [2.45, 2.75) is 183 Å². The van der Waals surface area contributed by atoms with E-state index in [-0.39, 0.29) is 68.9 Å². The first-order valence-electron chi connectivity index (χ1n) is 37.6. The first-order valence-corrected chi connectivity index (χ1v) is 35.1. The molecule has 0 atom stereocenters. The SMILES string of the molecule is [2H]c1c([2H])c([2H])c(-c2ccc3c(c2)N(c2c(-c4ccc(C(C)(C)C)cc4)cc(C(C)(C)C)cc2-c2ccc(C(C)(C)C)cc2C(C)(C)C)c2cc(C(C)(C)C)cc4c2B3c2ccc(-c3cc(C(C)(C)C)cc(C(C)(C)C)c3)cc2N4c2c(-c3ccccc3)cccc2-c2ccccc2)c([2H])c1[2H]. The maximum absolute atomic E-state index is 9.69. The molecule has 0 saturated carbocycles. The van der Waals surface area contributed by atoms with Gasteiger partial charge in [-0.25, -0.2) is 0 Å². The fraction of sp³-hybridized carbons (Fsp3) is 0.298. The summed E-state index contributed by atoms with van der Waals surface area (Å²) in [6.45, 7) is 48.2. The third-order valence-corrected chi connectivity index (χ3v) is 20.4. The van der Waals surface area contributed by atoms with E-state index in [2.05, 4.69) is 349 Å². The standard InChI is InChI=1S/C94H101BN2/c1-88(2,3)67-44-40-63(41-45-67)76-55-71(92(13,14)15)56-77(75-47-46-68(89(4,5)6)57-78(75)94(19,20)21)87(76)97-81-52-64(60-32-25-22-26-33-60)42-48-79(81)95-80-49-43-65(66-50-69(90(7,8)9)54-70(51-66)91(10,11)12)53-82(80)96(83-58-72(93(16,17)18)59-84(97)85(83)95)86-73(61-34-27-23-28-35-61)38-31-39-74(86)62-36-29-24-30-37-62/h22-59H,1-21H3/i22D,25D,26D,32D,33D. The van der Waals surface area contributed by atoms with E-state index >= 15 is 0 Å². The molecule has 0 unspecified atom stereocenters. The Morgan fingerprint density at radius 3 is 1.12 bits per heavy atom. The molecule has 0 aromatic heterocycles. The van der Waals surface area contributed by atoms with Gasteiger partial charge in [0.25, 0.3) is 6.71 Å². The van der Waals surface area contributed by atoms with Crippen LogP contribution in [0.4, 0.5) is 34.1 Å². The molecular formula is C94H101BN2. The number of nitrogens with zero attached hydrogens (tertiary/aromatic N) is 2. The van der Waals surface area contributed by atoms with Gasteiger partial charge < -0.3 is 9.80 Å². The van der Waals surface area contributed by atoms with E-state index in [0.29, 0.717) is 5.56 Å². The van der Waals surface area contributed by atoms with Crippen LogP contribution in [0.3, 0.4) is 0 Å². The van der Waals surface area contributed by atoms with Crippen molar-refractivity contribution in [3.05, 3.63) is 269 Å². The summed E-state index contributed by atoms with van der Waals surface area (Å²) in [7, 11) is 0. The molecule has 2 heterocycles. The lowest BCUT2D eigenvalue weighted by atomic mass is 9.33. The van der Waals surface area contributed by atoms with Crippen molar-refractivity contribution in [3.63, 3.8) is 0 Å². The number of benzene rings is 11. The minimum atomic E-state index is -0.422. The van der Waals surface area contributed by atoms with Crippen molar-refractivity contribution < 1.29 is 6.85 Å². The summed E-state index contributed by atoms with van der Waals surface area (Å²) < 4.78 is 46.6. The van der Waals surface area contributed by atoms with Crippen LogP contribution in [0.1, 0.15) is 191 Å². The highest BCUT2D eigenvalue weighted by Gasteiger charge is 2.47. The van der Waals surface area contributed by atoms with Crippen LogP contribution >= 0.6 is 0 Å². The van der Waals surface area contributed by atoms with Gasteiger partial charge in [0.15, 0.2) is 0 Å². The van der Waals surface area contributed by atoms with Crippen molar-refractivity contribution in [1.82, 2.24) is 0 Å². The van der Waals surface area contributed by atoms with Crippen molar-refractivity contribution in [1.29, 1.82) is 0 Å². The van der Waals surface area contributed by atoms with Crippen LogP contribution in [0.2, 0.25) is 0 Å². The average Bonchev–Trinajstić information content (AvgIpc) is 0.685. The molecule has 0 spiro atoms. The molecule has 3 heteroatoms. The first kappa shape index (κ1) is 60.5. The van der Waals surface area contributed by atoms with Gasteiger partial charge in [0.05, 0.1) is 18.2 Å². The Bertz CT molecular complexity index is 5010. The largest absolute Gasteiger partial charge is 0.310 e. The molecule has 2 aliphatic heterocycles. The highest BCUT2D eigenvalue weighted by atomic mass is 15.2. The van der Waals surface area contributed by atoms with Gasteiger partial charge in [-0.05, 0) is 174 Å². The molecule has 0 saturated heterocycles. The molecule has 11 aromatic rings. The lowest BCUT2D eigenvalue weighted by molar-refractivity contribution is 0.568. The predicted octanol–water partition coefficient (Wildman–Crippen LogP) is 24.9. The topological polar surface area (TPSA) is 6.48 Å². The van der Waals surface area contributed by atoms with Crippen molar-refractivity contribution in [3.8, 4) is 66.8 Å². The smallest absolute Gasteiger partial charge is 0.252 e. The summed E-state index contributed by atoms with van der Waals surface area (Å²) >= 11 is 0. The number of anilines is 6. The van der Waals surface area contributed by atoms with Crippen LogP contribution in [0.15, 0.2) is 230 Å². The molecule has 490 valence electrons. The second kappa shape index (κ2) is 24.0. The maximum atomic E-state index is 9.69. The summed E-state index contributed by atoms with van der Waals surface area (Å²) in [5, 5.41) is 0. The van der Waals surface area contributed by atoms with Crippen LogP contribution in [0, 0.1) is 0 Å². The van der Waals surface area contributed by atoms with E-state index in [0.717, 1.165) is 112 Å². The second-order valence-corrected chi connectivity index (χ2v) is 34.8. The third-order valence-electron chi connectivity index (χ3n) is 20.4. The Morgan fingerprint density at radius 1 is 0.258 bits per heavy atom. The highest BCUT2D eigenvalue weighted by Crippen LogP contribution is 2.56. The zero-order chi connectivity index (χ0) is 73.6. The summed E-state index contributed by atoms with van der Waals surface area (Å²) in [6, 6.07) is 74.1. The molecule has 2 nitrogen and oxygen atoms in total. The van der Waals surface area contributed by atoms with E-state index in [9.17, 15) is 5.48 Å². The average molecular weight is 1270 g/mol. The summed E-state index contributed by atoms with van der Waals surface area (Å²) in [5.41, 5.74) is 28.0. The Balaban J connectivity index is 1.27. The predicted molar refractivity (Wildman–Crippen MR) is 424 cm³/mol. The Hall–Kier alpha value is -8.92. The molecule has 0 N–H and O–H groups in total. The monoisotopic (exact) mass is 1270 g/mol. The molecule has 0 bridgehead atoms. The Labute approximate surface area is 590 Å². The molecule has 0 aliphatic carbocycles. The van der Waals surface area contributed by atoms with Crippen LogP contribution in [-0.4, -0.2) is 6.71 Å². The van der Waals surface area contributed by atoms with Gasteiger partial charge in [0.2, 0.25) is 0 Å². The molecule has 13 rings (SSSR count). The third kappa shape index (κ3) is 12.6. The van der Waals surface area contributed by atoms with Gasteiger partial charge in [-0.15, -0.1) is 0 Å². The summed E-state index contributed by atoms with van der Waals surface area (Å²) in [6.07, 6.45) is 0. The lowest BCUT2D eigenvalue weighted by Crippen LogP contribution is -2.61. The number of fused-ring (bicyclic) bond motifs is 4. The van der Waals surface area contributed by atoms with Gasteiger partial charge in [0, 0.05) is 45.0 Å². The highest BCUT2D eigenvalue weighted by molar-refractivity contribution is 7.00. The Kier molecular flexibility index (Phi) is 14.9.